The van der Waals surface area contributed by atoms with E-state index >= 15 is 0 Å². The van der Waals surface area contributed by atoms with Gasteiger partial charge in [-0.05, 0) is 60.8 Å². The smallest absolute Gasteiger partial charge is 0.261 e. The molecule has 0 aromatic heterocycles. The van der Waals surface area contributed by atoms with Crippen molar-refractivity contribution in [1.29, 1.82) is 0 Å². The summed E-state index contributed by atoms with van der Waals surface area (Å²) in [6.07, 6.45) is 1.94. The Kier molecular flexibility index (Phi) is 6.62. The zero-order valence-electron chi connectivity index (χ0n) is 14.8. The highest BCUT2D eigenvalue weighted by Crippen LogP contribution is 2.27. The number of hydrogen-bond acceptors (Lipinski definition) is 3. The van der Waals surface area contributed by atoms with E-state index in [0.29, 0.717) is 11.8 Å². The Morgan fingerprint density at radius 2 is 1.88 bits per heavy atom. The fraction of sp³-hybridized carbons (Fsp3) is 0.350. The standard InChI is InChI=1S/C20H25NO2S/c1-5-15-10-11-18(14(3)12-15)22-13-17-16(6-2)8-7-9-19(17)23-20(24)21-4/h7-12H,5-6,13H2,1-4H3,(H,21,24). The van der Waals surface area contributed by atoms with Crippen molar-refractivity contribution in [2.75, 3.05) is 7.05 Å². The van der Waals surface area contributed by atoms with Crippen LogP contribution in [0.25, 0.3) is 0 Å². The van der Waals surface area contributed by atoms with Crippen molar-refractivity contribution in [1.82, 2.24) is 5.32 Å². The van der Waals surface area contributed by atoms with Gasteiger partial charge in [-0.1, -0.05) is 38.1 Å². The third kappa shape index (κ3) is 4.48. The molecule has 0 amide bonds. The number of benzene rings is 2. The summed E-state index contributed by atoms with van der Waals surface area (Å²) >= 11 is 5.13. The third-order valence-corrected chi connectivity index (χ3v) is 4.32. The van der Waals surface area contributed by atoms with Crippen LogP contribution in [0.4, 0.5) is 0 Å². The van der Waals surface area contributed by atoms with Gasteiger partial charge in [-0.15, -0.1) is 0 Å². The molecule has 3 nitrogen and oxygen atoms in total. The number of aryl methyl sites for hydroxylation is 3. The molecule has 0 saturated carbocycles. The Labute approximate surface area is 150 Å². The first-order valence-electron chi connectivity index (χ1n) is 8.31. The van der Waals surface area contributed by atoms with Gasteiger partial charge in [-0.2, -0.15) is 0 Å². The maximum atomic E-state index is 6.08. The minimum absolute atomic E-state index is 0.355. The molecule has 4 heteroatoms. The zero-order valence-corrected chi connectivity index (χ0v) is 15.6. The van der Waals surface area contributed by atoms with Gasteiger partial charge in [0.15, 0.2) is 0 Å². The van der Waals surface area contributed by atoms with Crippen molar-refractivity contribution in [3.05, 3.63) is 58.7 Å². The fourth-order valence-electron chi connectivity index (χ4n) is 2.60. The lowest BCUT2D eigenvalue weighted by atomic mass is 10.0. The number of thiocarbonyl (C=S) groups is 1. The van der Waals surface area contributed by atoms with Gasteiger partial charge in [0.2, 0.25) is 0 Å². The summed E-state index contributed by atoms with van der Waals surface area (Å²) in [5.41, 5.74) is 4.71. The molecule has 24 heavy (non-hydrogen) atoms. The molecule has 2 aromatic rings. The van der Waals surface area contributed by atoms with Gasteiger partial charge in [0, 0.05) is 12.6 Å². The summed E-state index contributed by atoms with van der Waals surface area (Å²) in [4.78, 5) is 0. The van der Waals surface area contributed by atoms with Crippen LogP contribution in [0.1, 0.15) is 36.1 Å². The van der Waals surface area contributed by atoms with Crippen LogP contribution in [0, 0.1) is 6.92 Å². The van der Waals surface area contributed by atoms with Gasteiger partial charge in [-0.3, -0.25) is 0 Å². The second-order valence-electron chi connectivity index (χ2n) is 5.63. The molecular weight excluding hydrogens is 318 g/mol. The molecular formula is C20H25NO2S. The summed E-state index contributed by atoms with van der Waals surface area (Å²) in [7, 11) is 1.75. The normalized spacial score (nSPS) is 10.3. The van der Waals surface area contributed by atoms with Gasteiger partial charge in [0.25, 0.3) is 5.17 Å². The van der Waals surface area contributed by atoms with E-state index in [0.717, 1.165) is 35.5 Å². The van der Waals surface area contributed by atoms with Crippen LogP contribution in [0.3, 0.4) is 0 Å². The molecule has 0 bridgehead atoms. The van der Waals surface area contributed by atoms with Crippen molar-refractivity contribution in [2.24, 2.45) is 0 Å². The number of rotatable bonds is 6. The predicted molar refractivity (Wildman–Crippen MR) is 103 cm³/mol. The van der Waals surface area contributed by atoms with Crippen molar-refractivity contribution >= 4 is 17.4 Å². The SMILES string of the molecule is CCc1ccc(OCc2c(CC)cccc2OC(=S)NC)c(C)c1. The molecule has 0 heterocycles. The van der Waals surface area contributed by atoms with E-state index in [1.54, 1.807) is 7.05 Å². The molecule has 0 fully saturated rings. The van der Waals surface area contributed by atoms with E-state index in [2.05, 4.69) is 44.3 Å². The molecule has 2 rings (SSSR count). The van der Waals surface area contributed by atoms with Crippen molar-refractivity contribution in [2.45, 2.75) is 40.2 Å². The summed E-state index contributed by atoms with van der Waals surface area (Å²) in [5.74, 6) is 1.65. The average molecular weight is 343 g/mol. The molecule has 0 radical (unpaired) electrons. The van der Waals surface area contributed by atoms with Crippen molar-refractivity contribution in [3.63, 3.8) is 0 Å². The van der Waals surface area contributed by atoms with Crippen molar-refractivity contribution < 1.29 is 9.47 Å². The minimum Gasteiger partial charge on any atom is -0.488 e. The second-order valence-corrected chi connectivity index (χ2v) is 6.00. The fourth-order valence-corrected chi connectivity index (χ4v) is 2.69. The molecule has 0 atom stereocenters. The number of hydrogen-bond donors (Lipinski definition) is 1. The van der Waals surface area contributed by atoms with Gasteiger partial charge in [0.1, 0.15) is 18.1 Å². The Bertz CT molecular complexity index is 713. The number of nitrogens with one attached hydrogen (secondary N) is 1. The van der Waals surface area contributed by atoms with E-state index < -0.39 is 0 Å². The molecule has 128 valence electrons. The highest BCUT2D eigenvalue weighted by molar-refractivity contribution is 7.80. The van der Waals surface area contributed by atoms with E-state index in [1.165, 1.54) is 11.1 Å². The van der Waals surface area contributed by atoms with Crippen LogP contribution in [0.5, 0.6) is 11.5 Å². The lowest BCUT2D eigenvalue weighted by molar-refractivity contribution is 0.298. The van der Waals surface area contributed by atoms with Crippen LogP contribution in [-0.2, 0) is 19.4 Å². The van der Waals surface area contributed by atoms with E-state index in [9.17, 15) is 0 Å². The van der Waals surface area contributed by atoms with Gasteiger partial charge < -0.3 is 14.8 Å². The first-order valence-corrected chi connectivity index (χ1v) is 8.72. The maximum absolute atomic E-state index is 6.08. The van der Waals surface area contributed by atoms with E-state index in [4.69, 9.17) is 21.7 Å². The lowest BCUT2D eigenvalue weighted by Gasteiger charge is -2.16. The minimum atomic E-state index is 0.355. The molecule has 0 aliphatic rings. The molecule has 2 aromatic carbocycles. The zero-order chi connectivity index (χ0) is 17.5. The largest absolute Gasteiger partial charge is 0.488 e. The van der Waals surface area contributed by atoms with Crippen LogP contribution in [-0.4, -0.2) is 12.2 Å². The Balaban J connectivity index is 2.23. The van der Waals surface area contributed by atoms with Gasteiger partial charge in [0.05, 0.1) is 0 Å². The van der Waals surface area contributed by atoms with E-state index in [1.807, 2.05) is 18.2 Å². The predicted octanol–water partition coefficient (Wildman–Crippen LogP) is 4.58. The summed E-state index contributed by atoms with van der Waals surface area (Å²) < 4.78 is 11.8. The first-order chi connectivity index (χ1) is 11.6. The van der Waals surface area contributed by atoms with Crippen LogP contribution < -0.4 is 14.8 Å². The molecule has 0 spiro atoms. The Morgan fingerprint density at radius 3 is 2.50 bits per heavy atom. The van der Waals surface area contributed by atoms with Crippen LogP contribution >= 0.6 is 12.2 Å². The van der Waals surface area contributed by atoms with Gasteiger partial charge >= 0.3 is 0 Å². The lowest BCUT2D eigenvalue weighted by Crippen LogP contribution is -2.22. The summed E-state index contributed by atoms with van der Waals surface area (Å²) in [5, 5.41) is 3.20. The highest BCUT2D eigenvalue weighted by atomic mass is 32.1. The van der Waals surface area contributed by atoms with Gasteiger partial charge in [-0.25, -0.2) is 0 Å². The highest BCUT2D eigenvalue weighted by Gasteiger charge is 2.12. The second kappa shape index (κ2) is 8.69. The maximum Gasteiger partial charge on any atom is 0.261 e. The summed E-state index contributed by atoms with van der Waals surface area (Å²) in [6.45, 7) is 6.81. The van der Waals surface area contributed by atoms with Crippen LogP contribution in [0.2, 0.25) is 0 Å². The van der Waals surface area contributed by atoms with E-state index in [-0.39, 0.29) is 0 Å². The van der Waals surface area contributed by atoms with Crippen molar-refractivity contribution in [3.8, 4) is 11.5 Å². The molecule has 0 saturated heterocycles. The van der Waals surface area contributed by atoms with Crippen LogP contribution in [0.15, 0.2) is 36.4 Å². The third-order valence-electron chi connectivity index (χ3n) is 4.04. The number of ether oxygens (including phenoxy) is 2. The average Bonchev–Trinajstić information content (AvgIpc) is 2.60. The molecule has 0 aliphatic carbocycles. The molecule has 0 unspecified atom stereocenters. The Morgan fingerprint density at radius 1 is 1.08 bits per heavy atom. The molecule has 0 aliphatic heterocycles. The Hall–Kier alpha value is -2.07. The first kappa shape index (κ1) is 18.3. The summed E-state index contributed by atoms with van der Waals surface area (Å²) in [6, 6.07) is 12.3. The topological polar surface area (TPSA) is 30.5 Å². The molecule has 1 N–H and O–H groups in total. The quantitative estimate of drug-likeness (QED) is 0.778. The monoisotopic (exact) mass is 343 g/mol.